The molecule has 0 aromatic rings. The van der Waals surface area contributed by atoms with Gasteiger partial charge in [0.05, 0.1) is 0 Å². The minimum atomic E-state index is -1.24. The molecule has 0 saturated carbocycles. The van der Waals surface area contributed by atoms with E-state index in [4.69, 9.17) is 10.2 Å². The Kier molecular flexibility index (Phi) is 15.6. The number of unbranched alkanes of at least 4 members (excludes halogenated alkanes) is 11. The summed E-state index contributed by atoms with van der Waals surface area (Å²) in [6, 6.07) is 0. The van der Waals surface area contributed by atoms with Crippen molar-refractivity contribution >= 4 is 11.9 Å². The Bertz CT molecular complexity index is 336. The highest BCUT2D eigenvalue weighted by atomic mass is 16.4. The smallest absolute Gasteiger partial charge is 0.317 e. The number of hydrogen-bond acceptors (Lipinski definition) is 2. The molecule has 0 amide bonds. The van der Waals surface area contributed by atoms with Crippen molar-refractivity contribution in [2.24, 2.45) is 5.92 Å². The summed E-state index contributed by atoms with van der Waals surface area (Å²) in [6.45, 7) is 2.22. The first-order chi connectivity index (χ1) is 11.6. The van der Waals surface area contributed by atoms with E-state index < -0.39 is 17.9 Å². The highest BCUT2D eigenvalue weighted by Gasteiger charge is 2.24. The van der Waals surface area contributed by atoms with Gasteiger partial charge in [0.15, 0.2) is 5.92 Å². The molecule has 4 heteroatoms. The number of carbonyl (C=O) groups is 2. The lowest BCUT2D eigenvalue weighted by Crippen LogP contribution is -2.23. The molecule has 0 fully saturated rings. The molecule has 0 rings (SSSR count). The number of allylic oxidation sites excluding steroid dienone is 2. The number of aliphatic carboxylic acids is 2. The van der Waals surface area contributed by atoms with E-state index in [1.807, 2.05) is 0 Å². The van der Waals surface area contributed by atoms with E-state index >= 15 is 0 Å². The van der Waals surface area contributed by atoms with Crippen molar-refractivity contribution in [3.05, 3.63) is 12.2 Å². The summed E-state index contributed by atoms with van der Waals surface area (Å²) in [7, 11) is 0. The second kappa shape index (κ2) is 16.5. The number of carboxylic acid groups (broad SMARTS) is 2. The first-order valence-corrected chi connectivity index (χ1v) is 9.70. The second-order valence-corrected chi connectivity index (χ2v) is 6.60. The molecule has 0 aliphatic heterocycles. The van der Waals surface area contributed by atoms with Crippen molar-refractivity contribution < 1.29 is 19.8 Å². The lowest BCUT2D eigenvalue weighted by molar-refractivity contribution is -0.154. The average molecular weight is 341 g/mol. The van der Waals surface area contributed by atoms with Crippen LogP contribution in [0.1, 0.15) is 96.8 Å². The lowest BCUT2D eigenvalue weighted by Gasteiger charge is -2.06. The molecule has 0 spiro atoms. The first kappa shape index (κ1) is 22.7. The van der Waals surface area contributed by atoms with E-state index in [1.165, 1.54) is 64.2 Å². The zero-order chi connectivity index (χ0) is 18.0. The van der Waals surface area contributed by atoms with Crippen LogP contribution in [0.15, 0.2) is 12.2 Å². The van der Waals surface area contributed by atoms with Gasteiger partial charge in [-0.2, -0.15) is 0 Å². The maximum atomic E-state index is 10.7. The molecule has 0 unspecified atom stereocenters. The Morgan fingerprint density at radius 3 is 1.58 bits per heavy atom. The molecule has 0 heterocycles. The van der Waals surface area contributed by atoms with Crippen LogP contribution in [0.5, 0.6) is 0 Å². The summed E-state index contributed by atoms with van der Waals surface area (Å²) in [5.41, 5.74) is 0. The van der Waals surface area contributed by atoms with Crippen LogP contribution in [0.2, 0.25) is 0 Å². The van der Waals surface area contributed by atoms with Crippen LogP contribution in [0.25, 0.3) is 0 Å². The van der Waals surface area contributed by atoms with Crippen molar-refractivity contribution in [2.75, 3.05) is 0 Å². The molecule has 0 atom stereocenters. The predicted molar refractivity (Wildman–Crippen MR) is 98.2 cm³/mol. The maximum absolute atomic E-state index is 10.7. The molecule has 0 radical (unpaired) electrons. The van der Waals surface area contributed by atoms with Crippen LogP contribution in [0.3, 0.4) is 0 Å². The molecule has 0 bridgehead atoms. The van der Waals surface area contributed by atoms with E-state index in [-0.39, 0.29) is 6.42 Å². The molecule has 0 aromatic carbocycles. The molecule has 0 saturated heterocycles. The van der Waals surface area contributed by atoms with Crippen LogP contribution < -0.4 is 0 Å². The quantitative estimate of drug-likeness (QED) is 0.199. The Hall–Kier alpha value is -1.32. The van der Waals surface area contributed by atoms with E-state index in [1.54, 1.807) is 0 Å². The number of carboxylic acids is 2. The van der Waals surface area contributed by atoms with Crippen LogP contribution in [-0.2, 0) is 9.59 Å². The second-order valence-electron chi connectivity index (χ2n) is 6.60. The molecule has 0 aliphatic carbocycles. The highest BCUT2D eigenvalue weighted by Crippen LogP contribution is 2.14. The molecular weight excluding hydrogens is 304 g/mol. The van der Waals surface area contributed by atoms with Crippen molar-refractivity contribution in [3.63, 3.8) is 0 Å². The van der Waals surface area contributed by atoms with Gasteiger partial charge in [0.2, 0.25) is 0 Å². The summed E-state index contributed by atoms with van der Waals surface area (Å²) in [5.74, 6) is -3.67. The minimum Gasteiger partial charge on any atom is -0.481 e. The average Bonchev–Trinajstić information content (AvgIpc) is 2.53. The Morgan fingerprint density at radius 2 is 1.12 bits per heavy atom. The van der Waals surface area contributed by atoms with Gasteiger partial charge in [-0.3, -0.25) is 9.59 Å². The van der Waals surface area contributed by atoms with Crippen LogP contribution in [0, 0.1) is 5.92 Å². The van der Waals surface area contributed by atoms with Gasteiger partial charge in [0.25, 0.3) is 0 Å². The van der Waals surface area contributed by atoms with Gasteiger partial charge in [-0.1, -0.05) is 83.3 Å². The van der Waals surface area contributed by atoms with Gasteiger partial charge in [0, 0.05) is 0 Å². The fourth-order valence-electron chi connectivity index (χ4n) is 2.76. The predicted octanol–water partition coefficient (Wildman–Crippen LogP) is 5.81. The fraction of sp³-hybridized carbons (Fsp3) is 0.800. The van der Waals surface area contributed by atoms with Crippen LogP contribution >= 0.6 is 0 Å². The summed E-state index contributed by atoms with van der Waals surface area (Å²) in [4.78, 5) is 21.5. The molecule has 24 heavy (non-hydrogen) atoms. The Morgan fingerprint density at radius 1 is 0.708 bits per heavy atom. The SMILES string of the molecule is CCCCC=CCCCCCCCCCCCC(C(=O)O)C(=O)O. The third-order valence-electron chi connectivity index (χ3n) is 4.35. The maximum Gasteiger partial charge on any atom is 0.317 e. The Labute approximate surface area is 147 Å². The lowest BCUT2D eigenvalue weighted by atomic mass is 10.00. The summed E-state index contributed by atoms with van der Waals surface area (Å²) in [5, 5.41) is 17.5. The van der Waals surface area contributed by atoms with Crippen molar-refractivity contribution in [1.29, 1.82) is 0 Å². The summed E-state index contributed by atoms with van der Waals surface area (Å²) >= 11 is 0. The van der Waals surface area contributed by atoms with Crippen molar-refractivity contribution in [2.45, 2.75) is 96.8 Å². The number of rotatable bonds is 17. The molecule has 0 aromatic heterocycles. The normalized spacial score (nSPS) is 11.4. The van der Waals surface area contributed by atoms with Crippen LogP contribution in [0.4, 0.5) is 0 Å². The molecule has 2 N–H and O–H groups in total. The van der Waals surface area contributed by atoms with Gasteiger partial charge in [-0.15, -0.1) is 0 Å². The molecule has 4 nitrogen and oxygen atoms in total. The van der Waals surface area contributed by atoms with E-state index in [2.05, 4.69) is 19.1 Å². The molecule has 0 aliphatic rings. The zero-order valence-electron chi connectivity index (χ0n) is 15.3. The topological polar surface area (TPSA) is 74.6 Å². The molecule has 140 valence electrons. The number of hydrogen-bond donors (Lipinski definition) is 2. The van der Waals surface area contributed by atoms with Gasteiger partial charge in [-0.25, -0.2) is 0 Å². The minimum absolute atomic E-state index is 0.246. The van der Waals surface area contributed by atoms with Gasteiger partial charge in [-0.05, 0) is 25.7 Å². The van der Waals surface area contributed by atoms with Gasteiger partial charge >= 0.3 is 11.9 Å². The van der Waals surface area contributed by atoms with Gasteiger partial charge < -0.3 is 10.2 Å². The van der Waals surface area contributed by atoms with Crippen LogP contribution in [-0.4, -0.2) is 22.2 Å². The van der Waals surface area contributed by atoms with E-state index in [0.717, 1.165) is 12.8 Å². The third kappa shape index (κ3) is 14.3. The van der Waals surface area contributed by atoms with Gasteiger partial charge in [0.1, 0.15) is 0 Å². The summed E-state index contributed by atoms with van der Waals surface area (Å²) < 4.78 is 0. The molecular formula is C20H36O4. The Balaban J connectivity index is 3.30. The zero-order valence-corrected chi connectivity index (χ0v) is 15.3. The van der Waals surface area contributed by atoms with E-state index in [0.29, 0.717) is 6.42 Å². The first-order valence-electron chi connectivity index (χ1n) is 9.70. The van der Waals surface area contributed by atoms with E-state index in [9.17, 15) is 9.59 Å². The summed E-state index contributed by atoms with van der Waals surface area (Å²) in [6.07, 6.45) is 20.1. The monoisotopic (exact) mass is 340 g/mol. The van der Waals surface area contributed by atoms with Crippen molar-refractivity contribution in [3.8, 4) is 0 Å². The largest absolute Gasteiger partial charge is 0.481 e. The fourth-order valence-corrected chi connectivity index (χ4v) is 2.76. The van der Waals surface area contributed by atoms with Crippen molar-refractivity contribution in [1.82, 2.24) is 0 Å². The highest BCUT2D eigenvalue weighted by molar-refractivity contribution is 5.92. The standard InChI is InChI=1S/C20H36O4/c1-2-3-4-5-6-7-8-9-10-11-12-13-14-15-16-17-18(19(21)22)20(23)24/h5-6,18H,2-4,7-17H2,1H3,(H,21,22)(H,23,24). The third-order valence-corrected chi connectivity index (χ3v) is 4.35.